The normalized spacial score (nSPS) is 13.2. The van der Waals surface area contributed by atoms with E-state index >= 15 is 0 Å². The molecule has 0 aliphatic carbocycles. The van der Waals surface area contributed by atoms with Gasteiger partial charge < -0.3 is 25.2 Å². The van der Waals surface area contributed by atoms with Crippen molar-refractivity contribution in [3.63, 3.8) is 0 Å². The molecule has 10 heteroatoms. The first-order chi connectivity index (χ1) is 15.9. The van der Waals surface area contributed by atoms with Crippen LogP contribution in [0, 0.1) is 6.92 Å². The molecule has 3 N–H and O–H groups in total. The van der Waals surface area contributed by atoms with Crippen LogP contribution < -0.4 is 25.6 Å². The molecule has 1 aromatic carbocycles. The molecule has 0 bridgehead atoms. The van der Waals surface area contributed by atoms with Gasteiger partial charge in [-0.15, -0.1) is 0 Å². The quantitative estimate of drug-likeness (QED) is 0.472. The minimum atomic E-state index is -0.428. The van der Waals surface area contributed by atoms with Crippen molar-refractivity contribution >= 4 is 29.1 Å². The Morgan fingerprint density at radius 2 is 1.91 bits per heavy atom. The van der Waals surface area contributed by atoms with Crippen molar-refractivity contribution in [1.82, 2.24) is 20.2 Å². The second-order valence-corrected chi connectivity index (χ2v) is 8.29. The Balaban J connectivity index is 1.60. The topological polar surface area (TPSA) is 112 Å². The predicted molar refractivity (Wildman–Crippen MR) is 129 cm³/mol. The average Bonchev–Trinajstić information content (AvgIpc) is 3.30. The smallest absolute Gasteiger partial charge is 0.324 e. The van der Waals surface area contributed by atoms with E-state index in [0.29, 0.717) is 43.4 Å². The van der Waals surface area contributed by atoms with Gasteiger partial charge >= 0.3 is 6.03 Å². The molecule has 178 valence electrons. The molecule has 0 saturated carbocycles. The van der Waals surface area contributed by atoms with Crippen molar-refractivity contribution in [1.29, 1.82) is 0 Å². The van der Waals surface area contributed by atoms with E-state index in [4.69, 9.17) is 4.74 Å². The highest BCUT2D eigenvalue weighted by Crippen LogP contribution is 2.32. The van der Waals surface area contributed by atoms with Crippen LogP contribution in [-0.2, 0) is 4.79 Å². The van der Waals surface area contributed by atoms with Crippen LogP contribution in [0.5, 0.6) is 5.75 Å². The number of amides is 3. The van der Waals surface area contributed by atoms with Gasteiger partial charge in [0.1, 0.15) is 5.75 Å². The minimum absolute atomic E-state index is 0.0192. The molecule has 1 aliphatic heterocycles. The first-order valence-corrected chi connectivity index (χ1v) is 11.2. The zero-order chi connectivity index (χ0) is 23.6. The van der Waals surface area contributed by atoms with Gasteiger partial charge in [-0.25, -0.2) is 9.78 Å². The number of anilines is 3. The summed E-state index contributed by atoms with van der Waals surface area (Å²) in [7, 11) is 3.71. The number of aryl methyl sites for hydroxylation is 1. The molecule has 2 heterocycles. The number of nitrogens with zero attached hydrogens (tertiary/aromatic N) is 4. The summed E-state index contributed by atoms with van der Waals surface area (Å²) < 4.78 is 6.01. The molecule has 1 aromatic heterocycles. The molecule has 2 aromatic rings. The van der Waals surface area contributed by atoms with Gasteiger partial charge in [0, 0.05) is 31.4 Å². The second kappa shape index (κ2) is 12.0. The van der Waals surface area contributed by atoms with Gasteiger partial charge in [0.2, 0.25) is 5.91 Å². The van der Waals surface area contributed by atoms with E-state index < -0.39 is 6.03 Å². The van der Waals surface area contributed by atoms with Gasteiger partial charge in [0.05, 0.1) is 36.9 Å². The molecular weight excluding hydrogens is 422 g/mol. The van der Waals surface area contributed by atoms with Gasteiger partial charge in [-0.1, -0.05) is 0 Å². The van der Waals surface area contributed by atoms with Crippen LogP contribution in [0.2, 0.25) is 0 Å². The molecule has 0 spiro atoms. The largest absolute Gasteiger partial charge is 0.491 e. The van der Waals surface area contributed by atoms with E-state index in [0.717, 1.165) is 24.5 Å². The summed E-state index contributed by atoms with van der Waals surface area (Å²) in [5.41, 5.74) is 2.40. The maximum Gasteiger partial charge on any atom is 0.324 e. The third-order valence-corrected chi connectivity index (χ3v) is 5.07. The summed E-state index contributed by atoms with van der Waals surface area (Å²) >= 11 is 0. The van der Waals surface area contributed by atoms with E-state index in [1.54, 1.807) is 6.20 Å². The molecule has 1 saturated heterocycles. The highest BCUT2D eigenvalue weighted by atomic mass is 16.5. The third kappa shape index (κ3) is 7.90. The summed E-state index contributed by atoms with van der Waals surface area (Å²) in [5, 5.41) is 8.39. The van der Waals surface area contributed by atoms with Gasteiger partial charge in [-0.05, 0) is 52.4 Å². The number of carbonyl (C=O) groups is 2. The summed E-state index contributed by atoms with van der Waals surface area (Å²) in [6.07, 6.45) is 6.09. The number of hydrogen-bond donors (Lipinski definition) is 3. The predicted octanol–water partition coefficient (Wildman–Crippen LogP) is 2.48. The monoisotopic (exact) mass is 455 g/mol. The molecule has 3 amide bonds. The van der Waals surface area contributed by atoms with Crippen molar-refractivity contribution in [2.75, 3.05) is 62.4 Å². The lowest BCUT2D eigenvalue weighted by atomic mass is 10.2. The van der Waals surface area contributed by atoms with Crippen LogP contribution in [0.1, 0.15) is 25.0 Å². The molecular formula is C23H33N7O3. The standard InChI is InChI=1S/C23H33N7O3/c1-17-14-26-21(15-25-17)28-23(32)27-19-8-7-18(30-10-4-5-11-30)13-20(19)33-12-6-9-24-22(31)16-29(2)3/h7-8,13-15H,4-6,9-12,16H2,1-3H3,(H,24,31)(H2,26,27,28,32). The average molecular weight is 456 g/mol. The molecule has 10 nitrogen and oxygen atoms in total. The fraction of sp³-hybridized carbons (Fsp3) is 0.478. The molecule has 3 rings (SSSR count). The number of likely N-dealkylation sites (N-methyl/N-ethyl adjacent to an activating group) is 1. The maximum atomic E-state index is 12.5. The Morgan fingerprint density at radius 1 is 1.12 bits per heavy atom. The van der Waals surface area contributed by atoms with Crippen LogP contribution in [0.25, 0.3) is 0 Å². The molecule has 33 heavy (non-hydrogen) atoms. The molecule has 0 atom stereocenters. The molecule has 1 fully saturated rings. The number of ether oxygens (including phenoxy) is 1. The Kier molecular flexibility index (Phi) is 8.82. The maximum absolute atomic E-state index is 12.5. The lowest BCUT2D eigenvalue weighted by Gasteiger charge is -2.20. The van der Waals surface area contributed by atoms with Crippen LogP contribution in [0.3, 0.4) is 0 Å². The van der Waals surface area contributed by atoms with Crippen LogP contribution in [0.4, 0.5) is 22.0 Å². The lowest BCUT2D eigenvalue weighted by Crippen LogP contribution is -2.34. The molecule has 1 aliphatic rings. The van der Waals surface area contributed by atoms with Crippen molar-refractivity contribution in [2.45, 2.75) is 26.2 Å². The Bertz CT molecular complexity index is 928. The van der Waals surface area contributed by atoms with E-state index in [-0.39, 0.29) is 5.91 Å². The fourth-order valence-electron chi connectivity index (χ4n) is 3.46. The molecule has 0 radical (unpaired) electrons. The van der Waals surface area contributed by atoms with Crippen LogP contribution in [0.15, 0.2) is 30.6 Å². The number of nitrogens with one attached hydrogen (secondary N) is 3. The van der Waals surface area contributed by atoms with Gasteiger partial charge in [-0.3, -0.25) is 15.1 Å². The number of urea groups is 1. The van der Waals surface area contributed by atoms with Crippen molar-refractivity contribution in [3.05, 3.63) is 36.3 Å². The third-order valence-electron chi connectivity index (χ3n) is 5.07. The summed E-state index contributed by atoms with van der Waals surface area (Å²) in [4.78, 5) is 36.6. The lowest BCUT2D eigenvalue weighted by molar-refractivity contribution is -0.121. The Morgan fingerprint density at radius 3 is 2.61 bits per heavy atom. The number of aromatic nitrogens is 2. The van der Waals surface area contributed by atoms with Crippen molar-refractivity contribution in [2.24, 2.45) is 0 Å². The number of rotatable bonds is 10. The van der Waals surface area contributed by atoms with Crippen molar-refractivity contribution in [3.8, 4) is 5.75 Å². The van der Waals surface area contributed by atoms with Crippen molar-refractivity contribution < 1.29 is 14.3 Å². The first-order valence-electron chi connectivity index (χ1n) is 11.2. The minimum Gasteiger partial charge on any atom is -0.491 e. The zero-order valence-corrected chi connectivity index (χ0v) is 19.6. The Labute approximate surface area is 194 Å². The summed E-state index contributed by atoms with van der Waals surface area (Å²) in [6, 6.07) is 5.36. The van der Waals surface area contributed by atoms with Crippen LogP contribution >= 0.6 is 0 Å². The zero-order valence-electron chi connectivity index (χ0n) is 19.6. The Hall–Kier alpha value is -3.40. The molecule has 0 unspecified atom stereocenters. The fourth-order valence-corrected chi connectivity index (χ4v) is 3.46. The van der Waals surface area contributed by atoms with Gasteiger partial charge in [0.15, 0.2) is 5.82 Å². The number of hydrogen-bond acceptors (Lipinski definition) is 7. The highest BCUT2D eigenvalue weighted by molar-refractivity contribution is 6.00. The first kappa shape index (κ1) is 24.2. The van der Waals surface area contributed by atoms with Crippen LogP contribution in [-0.4, -0.2) is 73.7 Å². The SMILES string of the molecule is Cc1cnc(NC(=O)Nc2ccc(N3CCCC3)cc2OCCCNC(=O)CN(C)C)cn1. The van der Waals surface area contributed by atoms with E-state index in [1.807, 2.05) is 44.1 Å². The number of benzene rings is 1. The van der Waals surface area contributed by atoms with E-state index in [2.05, 4.69) is 30.8 Å². The highest BCUT2D eigenvalue weighted by Gasteiger charge is 2.16. The summed E-state index contributed by atoms with van der Waals surface area (Å²) in [6.45, 7) is 5.13. The number of carbonyl (C=O) groups excluding carboxylic acids is 2. The van der Waals surface area contributed by atoms with Gasteiger partial charge in [0.25, 0.3) is 0 Å². The van der Waals surface area contributed by atoms with E-state index in [9.17, 15) is 9.59 Å². The van der Waals surface area contributed by atoms with E-state index in [1.165, 1.54) is 19.0 Å². The van der Waals surface area contributed by atoms with Gasteiger partial charge in [-0.2, -0.15) is 0 Å². The summed E-state index contributed by atoms with van der Waals surface area (Å²) in [5.74, 6) is 0.932. The second-order valence-electron chi connectivity index (χ2n) is 8.29.